The molecule has 4 heterocycles. The van der Waals surface area contributed by atoms with Crippen LogP contribution in [-0.2, 0) is 0 Å². The van der Waals surface area contributed by atoms with Crippen LogP contribution < -0.4 is 9.80 Å². The van der Waals surface area contributed by atoms with Crippen LogP contribution in [0.2, 0.25) is 0 Å². The van der Waals surface area contributed by atoms with E-state index in [9.17, 15) is 5.11 Å². The Morgan fingerprint density at radius 3 is 2.58 bits per heavy atom. The van der Waals surface area contributed by atoms with E-state index >= 15 is 0 Å². The Morgan fingerprint density at radius 2 is 1.83 bits per heavy atom. The summed E-state index contributed by atoms with van der Waals surface area (Å²) in [5.41, 5.74) is 1.33. The van der Waals surface area contributed by atoms with E-state index in [1.54, 1.807) is 19.3 Å². The number of fused-ring (bicyclic) bond motifs is 1. The maximum atomic E-state index is 9.63. The van der Waals surface area contributed by atoms with Crippen molar-refractivity contribution in [1.29, 1.82) is 0 Å². The van der Waals surface area contributed by atoms with E-state index in [0.717, 1.165) is 37.5 Å². The van der Waals surface area contributed by atoms with Gasteiger partial charge < -0.3 is 19.3 Å². The second-order valence-corrected chi connectivity index (χ2v) is 5.75. The maximum Gasteiger partial charge on any atom is 0.299 e. The number of aliphatic hydroxyl groups excluding tert-OH is 1. The lowest BCUT2D eigenvalue weighted by molar-refractivity contribution is 0.189. The molecule has 0 saturated carbocycles. The van der Waals surface area contributed by atoms with E-state index in [2.05, 4.69) is 29.7 Å². The fourth-order valence-electron chi connectivity index (χ4n) is 2.76. The topological polar surface area (TPSA) is 91.4 Å². The van der Waals surface area contributed by atoms with E-state index < -0.39 is 6.10 Å². The van der Waals surface area contributed by atoms with Crippen LogP contribution in [0.25, 0.3) is 11.2 Å². The maximum absolute atomic E-state index is 9.63. The molecule has 1 N–H and O–H groups in total. The Morgan fingerprint density at radius 1 is 1.04 bits per heavy atom. The van der Waals surface area contributed by atoms with Crippen molar-refractivity contribution in [3.8, 4) is 0 Å². The van der Waals surface area contributed by atoms with Crippen molar-refractivity contribution in [3.63, 3.8) is 0 Å². The number of piperazine rings is 1. The van der Waals surface area contributed by atoms with Gasteiger partial charge in [-0.2, -0.15) is 4.98 Å². The Balaban J connectivity index is 1.47. The molecule has 0 amide bonds. The molecule has 24 heavy (non-hydrogen) atoms. The Labute approximate surface area is 138 Å². The predicted molar refractivity (Wildman–Crippen MR) is 88.9 cm³/mol. The lowest BCUT2D eigenvalue weighted by Crippen LogP contribution is -2.47. The van der Waals surface area contributed by atoms with Crippen LogP contribution in [0.15, 0.2) is 35.0 Å². The summed E-state index contributed by atoms with van der Waals surface area (Å²) in [6, 6.07) is 6.21. The van der Waals surface area contributed by atoms with Gasteiger partial charge in [0.25, 0.3) is 6.01 Å². The van der Waals surface area contributed by atoms with Gasteiger partial charge in [0.05, 0.1) is 0 Å². The zero-order valence-corrected chi connectivity index (χ0v) is 13.3. The van der Waals surface area contributed by atoms with Crippen molar-refractivity contribution >= 4 is 23.1 Å². The number of aromatic nitrogens is 4. The molecule has 1 saturated heterocycles. The van der Waals surface area contributed by atoms with Gasteiger partial charge in [0.15, 0.2) is 5.82 Å². The minimum atomic E-state index is -0.668. The summed E-state index contributed by atoms with van der Waals surface area (Å²) >= 11 is 0. The summed E-state index contributed by atoms with van der Waals surface area (Å²) in [4.78, 5) is 21.5. The molecule has 0 radical (unpaired) electrons. The highest BCUT2D eigenvalue weighted by Gasteiger charge is 2.22. The number of nitrogens with zero attached hydrogens (tertiary/aromatic N) is 6. The van der Waals surface area contributed by atoms with Crippen molar-refractivity contribution in [1.82, 2.24) is 19.9 Å². The zero-order chi connectivity index (χ0) is 16.5. The summed E-state index contributed by atoms with van der Waals surface area (Å²) in [5, 5.41) is 9.63. The molecule has 0 aromatic carbocycles. The quantitative estimate of drug-likeness (QED) is 0.772. The van der Waals surface area contributed by atoms with Crippen LogP contribution >= 0.6 is 0 Å². The third-order valence-electron chi connectivity index (χ3n) is 4.06. The van der Waals surface area contributed by atoms with E-state index in [1.165, 1.54) is 0 Å². The summed E-state index contributed by atoms with van der Waals surface area (Å²) < 4.78 is 5.73. The second-order valence-electron chi connectivity index (χ2n) is 5.75. The molecule has 1 aliphatic rings. The lowest BCUT2D eigenvalue weighted by Gasteiger charge is -2.34. The Hall–Kier alpha value is -2.74. The van der Waals surface area contributed by atoms with Gasteiger partial charge in [-0.25, -0.2) is 15.0 Å². The number of hydrogen-bond acceptors (Lipinski definition) is 8. The molecule has 8 heteroatoms. The number of anilines is 2. The average Bonchev–Trinajstić information content (AvgIpc) is 3.06. The SMILES string of the molecule is C[C@@H](O)c1nccc(N2CCN(c3nc4cccnc4o3)CC2)n1. The first-order valence-corrected chi connectivity index (χ1v) is 7.93. The van der Waals surface area contributed by atoms with Gasteiger partial charge >= 0.3 is 0 Å². The lowest BCUT2D eigenvalue weighted by atomic mass is 10.3. The van der Waals surface area contributed by atoms with E-state index in [-0.39, 0.29) is 0 Å². The van der Waals surface area contributed by atoms with E-state index in [1.807, 2.05) is 18.2 Å². The first-order valence-electron chi connectivity index (χ1n) is 7.93. The molecule has 124 valence electrons. The molecule has 0 spiro atoms. The van der Waals surface area contributed by atoms with Crippen LogP contribution in [0, 0.1) is 0 Å². The number of pyridine rings is 1. The minimum absolute atomic E-state index is 0.444. The fraction of sp³-hybridized carbons (Fsp3) is 0.375. The molecule has 1 atom stereocenters. The molecule has 0 unspecified atom stereocenters. The molecule has 0 aliphatic carbocycles. The smallest absolute Gasteiger partial charge is 0.299 e. The predicted octanol–water partition coefficient (Wildman–Crippen LogP) is 1.39. The van der Waals surface area contributed by atoms with E-state index in [0.29, 0.717) is 17.6 Å². The molecule has 1 fully saturated rings. The number of hydrogen-bond donors (Lipinski definition) is 1. The first kappa shape index (κ1) is 14.8. The van der Waals surface area contributed by atoms with Crippen LogP contribution in [0.4, 0.5) is 11.8 Å². The van der Waals surface area contributed by atoms with Gasteiger partial charge in [0.1, 0.15) is 17.4 Å². The van der Waals surface area contributed by atoms with Crippen molar-refractivity contribution in [3.05, 3.63) is 36.4 Å². The van der Waals surface area contributed by atoms with Crippen molar-refractivity contribution in [2.45, 2.75) is 13.0 Å². The fourth-order valence-corrected chi connectivity index (χ4v) is 2.76. The summed E-state index contributed by atoms with van der Waals surface area (Å²) in [5.74, 6) is 1.28. The van der Waals surface area contributed by atoms with Gasteiger partial charge in [-0.15, -0.1) is 0 Å². The van der Waals surface area contributed by atoms with Gasteiger partial charge in [-0.3, -0.25) is 0 Å². The number of aliphatic hydroxyl groups is 1. The highest BCUT2D eigenvalue weighted by molar-refractivity contribution is 5.69. The zero-order valence-electron chi connectivity index (χ0n) is 13.3. The monoisotopic (exact) mass is 326 g/mol. The van der Waals surface area contributed by atoms with Crippen LogP contribution in [0.1, 0.15) is 18.9 Å². The number of oxazole rings is 1. The van der Waals surface area contributed by atoms with Crippen molar-refractivity contribution in [2.75, 3.05) is 36.0 Å². The molecule has 0 bridgehead atoms. The third kappa shape index (κ3) is 2.76. The summed E-state index contributed by atoms with van der Waals surface area (Å²) in [7, 11) is 0. The summed E-state index contributed by atoms with van der Waals surface area (Å²) in [6.45, 7) is 4.81. The molecule has 3 aromatic rings. The summed E-state index contributed by atoms with van der Waals surface area (Å²) in [6.07, 6.45) is 2.71. The second kappa shape index (κ2) is 6.04. The molecule has 8 nitrogen and oxygen atoms in total. The van der Waals surface area contributed by atoms with Crippen LogP contribution in [0.3, 0.4) is 0 Å². The largest absolute Gasteiger partial charge is 0.404 e. The van der Waals surface area contributed by atoms with E-state index in [4.69, 9.17) is 4.42 Å². The molecule has 3 aromatic heterocycles. The number of rotatable bonds is 3. The Kier molecular flexibility index (Phi) is 3.73. The Bertz CT molecular complexity index is 808. The molecule has 4 rings (SSSR count). The van der Waals surface area contributed by atoms with Crippen molar-refractivity contribution < 1.29 is 9.52 Å². The molecular weight excluding hydrogens is 308 g/mol. The van der Waals surface area contributed by atoms with Crippen LogP contribution in [-0.4, -0.2) is 51.2 Å². The van der Waals surface area contributed by atoms with Gasteiger partial charge in [0.2, 0.25) is 5.71 Å². The first-order chi connectivity index (χ1) is 11.7. The van der Waals surface area contributed by atoms with Gasteiger partial charge in [-0.05, 0) is 25.1 Å². The van der Waals surface area contributed by atoms with Gasteiger partial charge in [-0.1, -0.05) is 0 Å². The average molecular weight is 326 g/mol. The molecular formula is C16H18N6O2. The normalized spacial score (nSPS) is 16.6. The minimum Gasteiger partial charge on any atom is -0.404 e. The highest BCUT2D eigenvalue weighted by Crippen LogP contribution is 2.22. The highest BCUT2D eigenvalue weighted by atomic mass is 16.4. The van der Waals surface area contributed by atoms with Gasteiger partial charge in [0, 0.05) is 38.6 Å². The van der Waals surface area contributed by atoms with Crippen LogP contribution in [0.5, 0.6) is 0 Å². The van der Waals surface area contributed by atoms with Crippen molar-refractivity contribution in [2.24, 2.45) is 0 Å². The standard InChI is InChI=1S/C16H18N6O2/c1-11(23)14-17-6-4-13(20-14)21-7-9-22(10-8-21)16-19-12-3-2-5-18-15(12)24-16/h2-6,11,23H,7-10H2,1H3/t11-/m1/s1. The molecule has 1 aliphatic heterocycles. The third-order valence-corrected chi connectivity index (χ3v) is 4.06.